The molecule has 0 bridgehead atoms. The molecule has 0 aromatic heterocycles. The number of hydrogen-bond acceptors (Lipinski definition) is 4. The van der Waals surface area contributed by atoms with Crippen molar-refractivity contribution >= 4 is 12.1 Å². The van der Waals surface area contributed by atoms with E-state index in [4.69, 9.17) is 4.74 Å². The van der Waals surface area contributed by atoms with E-state index in [2.05, 4.69) is 11.8 Å². The molecule has 1 N–H and O–H groups in total. The van der Waals surface area contributed by atoms with Gasteiger partial charge in [-0.05, 0) is 12.8 Å². The summed E-state index contributed by atoms with van der Waals surface area (Å²) in [4.78, 5) is 27.2. The molecule has 0 aliphatic carbocycles. The van der Waals surface area contributed by atoms with Crippen molar-refractivity contribution in [2.75, 3.05) is 6.61 Å². The van der Waals surface area contributed by atoms with Crippen molar-refractivity contribution in [2.24, 2.45) is 0 Å². The van der Waals surface area contributed by atoms with E-state index in [-0.39, 0.29) is 0 Å². The number of hydrogen-bond donors (Lipinski definition) is 1. The molecule has 0 heterocycles. The van der Waals surface area contributed by atoms with Gasteiger partial charge in [0, 0.05) is 6.42 Å². The largest absolute Gasteiger partial charge is 0.447 e. The number of nitrogens with one attached hydrogen (secondary N) is 1. The highest BCUT2D eigenvalue weighted by molar-refractivity contribution is 5.72. The van der Waals surface area contributed by atoms with E-state index in [0.717, 1.165) is 25.7 Å². The second-order valence-electron chi connectivity index (χ2n) is 7.41. The third-order valence-corrected chi connectivity index (χ3v) is 4.67. The van der Waals surface area contributed by atoms with Crippen LogP contribution >= 0.6 is 0 Å². The Morgan fingerprint density at radius 1 is 0.630 bits per heavy atom. The Bertz CT molecular complexity index is 347. The average Bonchev–Trinajstić information content (AvgIpc) is 2.67. The topological polar surface area (TPSA) is 64.6 Å². The molecule has 0 saturated carbocycles. The van der Waals surface area contributed by atoms with Crippen molar-refractivity contribution in [2.45, 2.75) is 123 Å². The predicted molar refractivity (Wildman–Crippen MR) is 110 cm³/mol. The summed E-state index contributed by atoms with van der Waals surface area (Å²) in [6.07, 6.45) is 19.8. The van der Waals surface area contributed by atoms with Gasteiger partial charge >= 0.3 is 12.1 Å². The summed E-state index contributed by atoms with van der Waals surface area (Å²) < 4.78 is 4.75. The van der Waals surface area contributed by atoms with Gasteiger partial charge in [0.15, 0.2) is 0 Å². The third kappa shape index (κ3) is 20.9. The molecule has 5 heteroatoms. The summed E-state index contributed by atoms with van der Waals surface area (Å²) in [5.74, 6) is -0.404. The summed E-state index contributed by atoms with van der Waals surface area (Å²) in [5.41, 5.74) is 2.01. The Labute approximate surface area is 166 Å². The van der Waals surface area contributed by atoms with Crippen molar-refractivity contribution in [3.05, 3.63) is 0 Å². The highest BCUT2D eigenvalue weighted by Crippen LogP contribution is 2.13. The molecule has 0 rings (SSSR count). The molecular weight excluding hydrogens is 342 g/mol. The Kier molecular flexibility index (Phi) is 20.1. The fourth-order valence-electron chi connectivity index (χ4n) is 3.01. The number of ether oxygens (including phenoxy) is 1. The summed E-state index contributed by atoms with van der Waals surface area (Å²) in [7, 11) is 0. The van der Waals surface area contributed by atoms with Gasteiger partial charge in [-0.25, -0.2) is 9.59 Å². The lowest BCUT2D eigenvalue weighted by molar-refractivity contribution is -0.149. The SMILES string of the molecule is CCCCCCCCCCCCCCCCCC(=O)ONC(=O)OCCC. The van der Waals surface area contributed by atoms with Crippen molar-refractivity contribution in [1.29, 1.82) is 0 Å². The molecule has 0 spiro atoms. The minimum Gasteiger partial charge on any atom is -0.447 e. The van der Waals surface area contributed by atoms with Crippen LogP contribution in [-0.4, -0.2) is 18.7 Å². The zero-order valence-corrected chi connectivity index (χ0v) is 17.9. The van der Waals surface area contributed by atoms with E-state index in [1.54, 1.807) is 0 Å². The van der Waals surface area contributed by atoms with Crippen LogP contribution in [0.4, 0.5) is 4.79 Å². The fourth-order valence-corrected chi connectivity index (χ4v) is 3.01. The molecule has 0 fully saturated rings. The number of hydroxylamine groups is 1. The van der Waals surface area contributed by atoms with Gasteiger partial charge in [-0.15, -0.1) is 5.48 Å². The summed E-state index contributed by atoms with van der Waals surface area (Å²) in [6, 6.07) is 0. The second-order valence-corrected chi connectivity index (χ2v) is 7.41. The molecule has 0 saturated heterocycles. The van der Waals surface area contributed by atoms with Crippen molar-refractivity contribution in [3.63, 3.8) is 0 Å². The number of carbonyl (C=O) groups excluding carboxylic acids is 2. The van der Waals surface area contributed by atoms with Gasteiger partial charge in [-0.2, -0.15) is 0 Å². The maximum absolute atomic E-state index is 11.5. The zero-order valence-electron chi connectivity index (χ0n) is 17.9. The van der Waals surface area contributed by atoms with E-state index in [1.165, 1.54) is 77.0 Å². The standard InChI is InChI=1S/C22H43NO4/c1-3-5-6-7-8-9-10-11-12-13-14-15-16-17-18-19-21(24)27-23-22(25)26-20-4-2/h3-20H2,1-2H3,(H,23,25). The van der Waals surface area contributed by atoms with E-state index >= 15 is 0 Å². The minimum absolute atomic E-state index is 0.322. The fraction of sp³-hybridized carbons (Fsp3) is 0.909. The van der Waals surface area contributed by atoms with Gasteiger partial charge in [-0.3, -0.25) is 0 Å². The lowest BCUT2D eigenvalue weighted by Gasteiger charge is -2.06. The normalized spacial score (nSPS) is 10.6. The average molecular weight is 386 g/mol. The van der Waals surface area contributed by atoms with Gasteiger partial charge in [0.25, 0.3) is 0 Å². The molecule has 160 valence electrons. The van der Waals surface area contributed by atoms with Gasteiger partial charge < -0.3 is 9.57 Å². The Morgan fingerprint density at radius 3 is 1.52 bits per heavy atom. The molecule has 0 aromatic rings. The lowest BCUT2D eigenvalue weighted by Crippen LogP contribution is -2.27. The molecule has 0 aliphatic heterocycles. The maximum Gasteiger partial charge on any atom is 0.440 e. The van der Waals surface area contributed by atoms with Crippen LogP contribution in [0.3, 0.4) is 0 Å². The number of rotatable bonds is 18. The van der Waals surface area contributed by atoms with Crippen LogP contribution < -0.4 is 5.48 Å². The maximum atomic E-state index is 11.5. The van der Waals surface area contributed by atoms with Crippen LogP contribution in [-0.2, 0) is 14.4 Å². The Morgan fingerprint density at radius 2 is 1.07 bits per heavy atom. The van der Waals surface area contributed by atoms with Gasteiger partial charge in [0.1, 0.15) is 0 Å². The van der Waals surface area contributed by atoms with E-state index in [9.17, 15) is 9.59 Å². The van der Waals surface area contributed by atoms with Crippen LogP contribution in [0.1, 0.15) is 123 Å². The van der Waals surface area contributed by atoms with Crippen molar-refractivity contribution in [3.8, 4) is 0 Å². The molecule has 0 atom stereocenters. The first kappa shape index (κ1) is 25.7. The molecule has 0 aromatic carbocycles. The van der Waals surface area contributed by atoms with Gasteiger partial charge in [-0.1, -0.05) is 104 Å². The number of unbranched alkanes of at least 4 members (excludes halogenated alkanes) is 14. The van der Waals surface area contributed by atoms with Crippen LogP contribution in [0.15, 0.2) is 0 Å². The van der Waals surface area contributed by atoms with Crippen molar-refractivity contribution < 1.29 is 19.2 Å². The monoisotopic (exact) mass is 385 g/mol. The lowest BCUT2D eigenvalue weighted by atomic mass is 10.0. The number of carbonyl (C=O) groups is 2. The van der Waals surface area contributed by atoms with Crippen LogP contribution in [0, 0.1) is 0 Å². The molecule has 1 amide bonds. The van der Waals surface area contributed by atoms with Gasteiger partial charge in [0.05, 0.1) is 6.61 Å². The molecular formula is C22H43NO4. The summed E-state index contributed by atoms with van der Waals surface area (Å²) in [5, 5.41) is 0. The van der Waals surface area contributed by atoms with E-state index in [1.807, 2.05) is 12.4 Å². The Balaban J connectivity index is 3.20. The first-order valence-electron chi connectivity index (χ1n) is 11.3. The molecule has 27 heavy (non-hydrogen) atoms. The van der Waals surface area contributed by atoms with Crippen LogP contribution in [0.5, 0.6) is 0 Å². The van der Waals surface area contributed by atoms with E-state index in [0.29, 0.717) is 13.0 Å². The first-order chi connectivity index (χ1) is 13.2. The first-order valence-corrected chi connectivity index (χ1v) is 11.3. The summed E-state index contributed by atoms with van der Waals surface area (Å²) >= 11 is 0. The quantitative estimate of drug-likeness (QED) is 0.207. The minimum atomic E-state index is -0.707. The van der Waals surface area contributed by atoms with E-state index < -0.39 is 12.1 Å². The molecule has 0 aliphatic rings. The zero-order chi connectivity index (χ0) is 20.0. The highest BCUT2D eigenvalue weighted by atomic mass is 16.7. The predicted octanol–water partition coefficient (Wildman–Crippen LogP) is 6.84. The van der Waals surface area contributed by atoms with Crippen molar-refractivity contribution in [1.82, 2.24) is 5.48 Å². The van der Waals surface area contributed by atoms with Crippen LogP contribution in [0.25, 0.3) is 0 Å². The molecule has 5 nitrogen and oxygen atoms in total. The highest BCUT2D eigenvalue weighted by Gasteiger charge is 2.07. The second kappa shape index (κ2) is 21.0. The summed E-state index contributed by atoms with van der Waals surface area (Å²) in [6.45, 7) is 4.49. The molecule has 0 radical (unpaired) electrons. The third-order valence-electron chi connectivity index (χ3n) is 4.67. The smallest absolute Gasteiger partial charge is 0.440 e. The number of amides is 1. The molecule has 0 unspecified atom stereocenters. The Hall–Kier alpha value is -1.26. The van der Waals surface area contributed by atoms with Crippen LogP contribution in [0.2, 0.25) is 0 Å². The van der Waals surface area contributed by atoms with Gasteiger partial charge in [0.2, 0.25) is 0 Å².